The molecule has 0 unspecified atom stereocenters. The van der Waals surface area contributed by atoms with Gasteiger partial charge in [-0.2, -0.15) is 0 Å². The minimum absolute atomic E-state index is 0.989. The van der Waals surface area contributed by atoms with Crippen molar-refractivity contribution in [1.29, 1.82) is 0 Å². The van der Waals surface area contributed by atoms with E-state index in [1.807, 2.05) is 18.3 Å². The van der Waals surface area contributed by atoms with Gasteiger partial charge in [-0.25, -0.2) is 0 Å². The van der Waals surface area contributed by atoms with Crippen molar-refractivity contribution in [3.05, 3.63) is 146 Å². The second kappa shape index (κ2) is 8.68. The predicted molar refractivity (Wildman–Crippen MR) is 164 cm³/mol. The highest BCUT2D eigenvalue weighted by atomic mass is 15.3. The van der Waals surface area contributed by atoms with Crippen LogP contribution < -0.4 is 4.90 Å². The molecule has 0 bridgehead atoms. The molecule has 8 rings (SSSR count). The van der Waals surface area contributed by atoms with Crippen molar-refractivity contribution >= 4 is 38.6 Å². The molecule has 1 aromatic heterocycles. The van der Waals surface area contributed by atoms with Gasteiger partial charge in [0, 0.05) is 17.4 Å². The Morgan fingerprint density at radius 1 is 0.385 bits per heavy atom. The highest BCUT2D eigenvalue weighted by Gasteiger charge is 2.29. The van der Waals surface area contributed by atoms with Gasteiger partial charge in [-0.1, -0.05) is 103 Å². The smallest absolute Gasteiger partial charge is 0.0703 e. The van der Waals surface area contributed by atoms with Gasteiger partial charge < -0.3 is 4.90 Å². The first-order valence-corrected chi connectivity index (χ1v) is 13.3. The molecule has 1 aliphatic heterocycles. The summed E-state index contributed by atoms with van der Waals surface area (Å²) >= 11 is 0. The fourth-order valence-electron chi connectivity index (χ4n) is 5.95. The van der Waals surface area contributed by atoms with Crippen molar-refractivity contribution in [2.24, 2.45) is 0 Å². The van der Waals surface area contributed by atoms with E-state index in [9.17, 15) is 0 Å². The van der Waals surface area contributed by atoms with Gasteiger partial charge in [-0.3, -0.25) is 4.98 Å². The quantitative estimate of drug-likeness (QED) is 0.178. The summed E-state index contributed by atoms with van der Waals surface area (Å²) in [5, 5.41) is 5.06. The second-order valence-electron chi connectivity index (χ2n) is 10.0. The number of aromatic nitrogens is 1. The summed E-state index contributed by atoms with van der Waals surface area (Å²) in [6, 6.07) is 50.0. The van der Waals surface area contributed by atoms with Gasteiger partial charge in [0.05, 0.1) is 17.1 Å². The van der Waals surface area contributed by atoms with Gasteiger partial charge in [0.25, 0.3) is 0 Å². The van der Waals surface area contributed by atoms with E-state index in [1.54, 1.807) is 0 Å². The summed E-state index contributed by atoms with van der Waals surface area (Å²) in [6.07, 6.45) is 1.84. The van der Waals surface area contributed by atoms with Gasteiger partial charge >= 0.3 is 0 Å². The summed E-state index contributed by atoms with van der Waals surface area (Å²) in [4.78, 5) is 6.83. The molecule has 0 fully saturated rings. The third-order valence-corrected chi connectivity index (χ3v) is 7.79. The van der Waals surface area contributed by atoms with Gasteiger partial charge in [-0.05, 0) is 80.2 Å². The van der Waals surface area contributed by atoms with Crippen molar-refractivity contribution in [3.63, 3.8) is 0 Å². The van der Waals surface area contributed by atoms with E-state index in [-0.39, 0.29) is 0 Å². The number of benzene rings is 6. The van der Waals surface area contributed by atoms with Crippen LogP contribution in [0, 0.1) is 0 Å². The zero-order valence-electron chi connectivity index (χ0n) is 21.3. The number of para-hydroxylation sites is 2. The molecule has 0 saturated heterocycles. The Hall–Kier alpha value is -5.21. The maximum absolute atomic E-state index is 4.53. The van der Waals surface area contributed by atoms with E-state index < -0.39 is 0 Å². The van der Waals surface area contributed by atoms with Gasteiger partial charge in [0.15, 0.2) is 0 Å². The van der Waals surface area contributed by atoms with Crippen molar-refractivity contribution in [2.45, 2.75) is 0 Å². The van der Waals surface area contributed by atoms with E-state index in [2.05, 4.69) is 137 Å². The summed E-state index contributed by atoms with van der Waals surface area (Å²) in [5.74, 6) is 0. The first-order chi connectivity index (χ1) is 19.4. The van der Waals surface area contributed by atoms with E-state index in [4.69, 9.17) is 0 Å². The Labute approximate surface area is 227 Å². The fraction of sp³-hybridized carbons (Fsp3) is 0. The highest BCUT2D eigenvalue weighted by molar-refractivity contribution is 6.21. The zero-order chi connectivity index (χ0) is 25.8. The molecule has 2 heteroatoms. The van der Waals surface area contributed by atoms with Gasteiger partial charge in [-0.15, -0.1) is 0 Å². The lowest BCUT2D eigenvalue weighted by Gasteiger charge is -2.18. The van der Waals surface area contributed by atoms with Crippen LogP contribution in [0.4, 0.5) is 17.1 Å². The molecule has 182 valence electrons. The number of pyridine rings is 1. The molecule has 0 radical (unpaired) electrons. The Morgan fingerprint density at radius 2 is 0.821 bits per heavy atom. The average molecular weight is 497 g/mol. The molecule has 1 aliphatic rings. The molecule has 0 N–H and O–H groups in total. The van der Waals surface area contributed by atoms with Crippen LogP contribution >= 0.6 is 0 Å². The Balaban J connectivity index is 1.29. The van der Waals surface area contributed by atoms with E-state index >= 15 is 0 Å². The van der Waals surface area contributed by atoms with Crippen LogP contribution in [0.2, 0.25) is 0 Å². The van der Waals surface area contributed by atoms with Crippen molar-refractivity contribution in [1.82, 2.24) is 4.98 Å². The zero-order valence-corrected chi connectivity index (χ0v) is 21.3. The first kappa shape index (κ1) is 21.8. The highest BCUT2D eigenvalue weighted by Crippen LogP contribution is 2.53. The normalized spacial score (nSPS) is 12.1. The fourth-order valence-corrected chi connectivity index (χ4v) is 5.95. The topological polar surface area (TPSA) is 15.9 Å². The Morgan fingerprint density at radius 3 is 1.31 bits per heavy atom. The van der Waals surface area contributed by atoms with Crippen molar-refractivity contribution < 1.29 is 0 Å². The summed E-state index contributed by atoms with van der Waals surface area (Å²) in [7, 11) is 0. The van der Waals surface area contributed by atoms with Crippen molar-refractivity contribution in [3.8, 4) is 33.5 Å². The third kappa shape index (κ3) is 3.53. The second-order valence-corrected chi connectivity index (χ2v) is 10.0. The van der Waals surface area contributed by atoms with Crippen LogP contribution in [-0.2, 0) is 0 Å². The molecule has 0 aliphatic carbocycles. The number of rotatable bonds is 4. The lowest BCUT2D eigenvalue weighted by molar-refractivity contribution is 1.33. The average Bonchev–Trinajstić information content (AvgIpc) is 3.75. The minimum Gasteiger partial charge on any atom is -0.306 e. The van der Waals surface area contributed by atoms with Crippen LogP contribution in [0.25, 0.3) is 55.1 Å². The Kier molecular flexibility index (Phi) is 4.86. The summed E-state index contributed by atoms with van der Waals surface area (Å²) < 4.78 is 0. The molecule has 0 spiro atoms. The number of fused-ring (bicyclic) bond motifs is 3. The van der Waals surface area contributed by atoms with E-state index in [0.29, 0.717) is 0 Å². The monoisotopic (exact) mass is 496 g/mol. The first-order valence-electron chi connectivity index (χ1n) is 13.3. The van der Waals surface area contributed by atoms with E-state index in [0.717, 1.165) is 11.3 Å². The summed E-state index contributed by atoms with van der Waals surface area (Å²) in [5.41, 5.74) is 10.9. The number of hydrogen-bond acceptors (Lipinski definition) is 2. The maximum Gasteiger partial charge on any atom is 0.0703 e. The summed E-state index contributed by atoms with van der Waals surface area (Å²) in [6.45, 7) is 0. The molecule has 6 aromatic carbocycles. The molecule has 2 heterocycles. The maximum atomic E-state index is 4.53. The lowest BCUT2D eigenvalue weighted by Crippen LogP contribution is -1.92. The predicted octanol–water partition coefficient (Wildman–Crippen LogP) is 10.2. The number of hydrogen-bond donors (Lipinski definition) is 0. The van der Waals surface area contributed by atoms with Gasteiger partial charge in [0.1, 0.15) is 0 Å². The van der Waals surface area contributed by atoms with Crippen LogP contribution in [0.1, 0.15) is 0 Å². The third-order valence-electron chi connectivity index (χ3n) is 7.79. The molecule has 39 heavy (non-hydrogen) atoms. The minimum atomic E-state index is 0.989. The van der Waals surface area contributed by atoms with Crippen LogP contribution in [0.5, 0.6) is 0 Å². The number of anilines is 3. The largest absolute Gasteiger partial charge is 0.306 e. The SMILES string of the molecule is c1ccc(-c2ccc(-c3c4ccccc4c(-c4ccc(N5c6ccccc65)cc4)c4ccccc34)cc2)nc1. The molecule has 7 aromatic rings. The van der Waals surface area contributed by atoms with Crippen LogP contribution in [-0.4, -0.2) is 4.98 Å². The van der Waals surface area contributed by atoms with E-state index in [1.165, 1.54) is 60.9 Å². The molecular formula is C37H24N2. The standard InChI is InChI=1S/C37H24N2/c1-3-11-31-29(9-1)36(26-18-16-25(17-19-26)33-13-7-8-24-38-33)30-10-2-4-12-32(30)37(31)27-20-22-28(23-21-27)39-34-14-5-6-15-35(34)39/h1-24H. The van der Waals surface area contributed by atoms with Crippen molar-refractivity contribution in [2.75, 3.05) is 4.90 Å². The van der Waals surface area contributed by atoms with Crippen LogP contribution in [0.15, 0.2) is 146 Å². The number of nitrogens with zero attached hydrogens (tertiary/aromatic N) is 2. The lowest BCUT2D eigenvalue weighted by atomic mass is 9.86. The molecule has 0 amide bonds. The molecule has 0 saturated carbocycles. The molecular weight excluding hydrogens is 472 g/mol. The molecule has 2 nitrogen and oxygen atoms in total. The van der Waals surface area contributed by atoms with Crippen LogP contribution in [0.3, 0.4) is 0 Å². The Bertz CT molecular complexity index is 1910. The van der Waals surface area contributed by atoms with Gasteiger partial charge in [0.2, 0.25) is 0 Å². The molecule has 0 atom stereocenters.